The van der Waals surface area contributed by atoms with E-state index in [1.807, 2.05) is 20.8 Å². The van der Waals surface area contributed by atoms with Crippen LogP contribution in [0.25, 0.3) is 0 Å². The van der Waals surface area contributed by atoms with Crippen molar-refractivity contribution in [1.29, 1.82) is 0 Å². The molecule has 1 aliphatic carbocycles. The van der Waals surface area contributed by atoms with Crippen LogP contribution in [0.3, 0.4) is 0 Å². The number of nitrogens with one attached hydrogen (secondary N) is 3. The highest BCUT2D eigenvalue weighted by atomic mass is 32.2. The van der Waals surface area contributed by atoms with Gasteiger partial charge in [-0.05, 0) is 39.4 Å². The molecular formula is C13H24N4O2S. The Kier molecular flexibility index (Phi) is 5.86. The van der Waals surface area contributed by atoms with Gasteiger partial charge in [0.1, 0.15) is 0 Å². The third kappa shape index (κ3) is 6.27. The molecule has 20 heavy (non-hydrogen) atoms. The van der Waals surface area contributed by atoms with Crippen molar-refractivity contribution >= 4 is 29.0 Å². The quantitative estimate of drug-likeness (QED) is 0.540. The van der Waals surface area contributed by atoms with E-state index in [9.17, 15) is 9.59 Å². The van der Waals surface area contributed by atoms with Crippen LogP contribution in [-0.4, -0.2) is 35.1 Å². The van der Waals surface area contributed by atoms with Crippen LogP contribution in [0, 0.1) is 5.92 Å². The van der Waals surface area contributed by atoms with Crippen LogP contribution in [0.1, 0.15) is 40.5 Å². The summed E-state index contributed by atoms with van der Waals surface area (Å²) in [6.07, 6.45) is 3.84. The van der Waals surface area contributed by atoms with Crippen molar-refractivity contribution in [1.82, 2.24) is 16.0 Å². The van der Waals surface area contributed by atoms with Crippen LogP contribution in [-0.2, 0) is 0 Å². The maximum absolute atomic E-state index is 11.7. The largest absolute Gasteiger partial charge is 0.343 e. The predicted octanol–water partition coefficient (Wildman–Crippen LogP) is 2.31. The first kappa shape index (κ1) is 16.8. The number of urea groups is 2. The SMILES string of the molecule is CCC1CC1NC(=O)N=C(NC(=O)NC(C)(C)C)SC. The monoisotopic (exact) mass is 300 g/mol. The summed E-state index contributed by atoms with van der Waals surface area (Å²) in [4.78, 5) is 27.3. The second kappa shape index (κ2) is 6.97. The number of hydrogen-bond acceptors (Lipinski definition) is 3. The molecule has 1 aliphatic rings. The Labute approximate surface area is 124 Å². The number of rotatable bonds is 2. The molecule has 7 heteroatoms. The van der Waals surface area contributed by atoms with Crippen LogP contribution in [0.5, 0.6) is 0 Å². The maximum atomic E-state index is 11.7. The molecule has 0 aliphatic heterocycles. The zero-order valence-corrected chi connectivity index (χ0v) is 13.6. The summed E-state index contributed by atoms with van der Waals surface area (Å²) in [5.41, 5.74) is -0.335. The minimum atomic E-state index is -0.397. The van der Waals surface area contributed by atoms with E-state index in [-0.39, 0.29) is 22.8 Å². The molecule has 0 bridgehead atoms. The van der Waals surface area contributed by atoms with Crippen LogP contribution < -0.4 is 16.0 Å². The second-order valence-corrected chi connectivity index (χ2v) is 6.71. The van der Waals surface area contributed by atoms with Gasteiger partial charge in [-0.3, -0.25) is 5.32 Å². The van der Waals surface area contributed by atoms with Crippen molar-refractivity contribution in [3.05, 3.63) is 0 Å². The van der Waals surface area contributed by atoms with Crippen LogP contribution in [0.2, 0.25) is 0 Å². The van der Waals surface area contributed by atoms with E-state index in [2.05, 4.69) is 27.9 Å². The molecule has 0 spiro atoms. The van der Waals surface area contributed by atoms with Crippen molar-refractivity contribution in [2.24, 2.45) is 10.9 Å². The first-order valence-corrected chi connectivity index (χ1v) is 8.00. The summed E-state index contributed by atoms with van der Waals surface area (Å²) < 4.78 is 0. The molecule has 0 heterocycles. The van der Waals surface area contributed by atoms with Gasteiger partial charge in [0.05, 0.1) is 0 Å². The number of thioether (sulfide) groups is 1. The van der Waals surface area contributed by atoms with Gasteiger partial charge in [-0.25, -0.2) is 9.59 Å². The van der Waals surface area contributed by atoms with Crippen LogP contribution >= 0.6 is 11.8 Å². The first-order chi connectivity index (χ1) is 9.25. The van der Waals surface area contributed by atoms with Gasteiger partial charge < -0.3 is 10.6 Å². The number of nitrogens with zero attached hydrogens (tertiary/aromatic N) is 1. The number of aliphatic imine (C=N–C) groups is 1. The number of carbonyl (C=O) groups excluding carboxylic acids is 2. The molecule has 114 valence electrons. The molecular weight excluding hydrogens is 276 g/mol. The molecule has 0 aromatic heterocycles. The van der Waals surface area contributed by atoms with Gasteiger partial charge >= 0.3 is 12.1 Å². The zero-order chi connectivity index (χ0) is 15.3. The third-order valence-electron chi connectivity index (χ3n) is 2.86. The van der Waals surface area contributed by atoms with Crippen molar-refractivity contribution < 1.29 is 9.59 Å². The molecule has 0 radical (unpaired) electrons. The fourth-order valence-corrected chi connectivity index (χ4v) is 2.12. The summed E-state index contributed by atoms with van der Waals surface area (Å²) in [5.74, 6) is 0.573. The Morgan fingerprint density at radius 2 is 2.00 bits per heavy atom. The van der Waals surface area contributed by atoms with E-state index < -0.39 is 6.03 Å². The van der Waals surface area contributed by atoms with E-state index in [0.717, 1.165) is 12.8 Å². The lowest BCUT2D eigenvalue weighted by atomic mass is 10.1. The number of carbonyl (C=O) groups is 2. The van der Waals surface area contributed by atoms with Crippen LogP contribution in [0.15, 0.2) is 4.99 Å². The standard InChI is InChI=1S/C13H24N4O2S/c1-6-8-7-9(8)14-10(18)15-12(20-5)16-11(19)17-13(2,3)4/h8-9H,6-7H2,1-5H3,(H3,14,15,16,17,18,19). The Balaban J connectivity index is 2.46. The summed E-state index contributed by atoms with van der Waals surface area (Å²) in [6.45, 7) is 7.75. The van der Waals surface area contributed by atoms with E-state index in [4.69, 9.17) is 0 Å². The summed E-state index contributed by atoms with van der Waals surface area (Å²) in [5, 5.41) is 8.45. The highest BCUT2D eigenvalue weighted by molar-refractivity contribution is 8.13. The van der Waals surface area contributed by atoms with Gasteiger partial charge in [-0.2, -0.15) is 4.99 Å². The molecule has 4 amide bonds. The van der Waals surface area contributed by atoms with E-state index in [0.29, 0.717) is 5.92 Å². The molecule has 0 saturated heterocycles. The molecule has 3 N–H and O–H groups in total. The second-order valence-electron chi connectivity index (χ2n) is 5.91. The lowest BCUT2D eigenvalue weighted by Gasteiger charge is -2.20. The Morgan fingerprint density at radius 1 is 1.35 bits per heavy atom. The molecule has 0 aromatic rings. The van der Waals surface area contributed by atoms with Crippen molar-refractivity contribution in [2.45, 2.75) is 52.1 Å². The zero-order valence-electron chi connectivity index (χ0n) is 12.7. The van der Waals surface area contributed by atoms with E-state index in [1.165, 1.54) is 11.8 Å². The molecule has 6 nitrogen and oxygen atoms in total. The molecule has 2 unspecified atom stereocenters. The van der Waals surface area contributed by atoms with Crippen molar-refractivity contribution in [3.63, 3.8) is 0 Å². The van der Waals surface area contributed by atoms with Crippen molar-refractivity contribution in [2.75, 3.05) is 6.26 Å². The number of amides is 4. The minimum absolute atomic E-state index is 0.239. The van der Waals surface area contributed by atoms with Gasteiger partial charge in [0, 0.05) is 11.6 Å². The smallest absolute Gasteiger partial charge is 0.333 e. The topological polar surface area (TPSA) is 82.6 Å². The maximum Gasteiger partial charge on any atom is 0.343 e. The summed E-state index contributed by atoms with van der Waals surface area (Å²) in [7, 11) is 0. The Bertz CT molecular complexity index is 404. The lowest BCUT2D eigenvalue weighted by Crippen LogP contribution is -2.48. The number of amidine groups is 1. The van der Waals surface area contributed by atoms with Crippen molar-refractivity contribution in [3.8, 4) is 0 Å². The van der Waals surface area contributed by atoms with Gasteiger partial charge in [-0.15, -0.1) is 0 Å². The van der Waals surface area contributed by atoms with Gasteiger partial charge in [-0.1, -0.05) is 25.1 Å². The highest BCUT2D eigenvalue weighted by Gasteiger charge is 2.36. The van der Waals surface area contributed by atoms with Gasteiger partial charge in [0.15, 0.2) is 5.17 Å². The molecule has 0 aromatic carbocycles. The average Bonchev–Trinajstić information content (AvgIpc) is 3.03. The normalized spacial score (nSPS) is 22.1. The fraction of sp³-hybridized carbons (Fsp3) is 0.769. The van der Waals surface area contributed by atoms with Crippen LogP contribution in [0.4, 0.5) is 9.59 Å². The Morgan fingerprint density at radius 3 is 2.45 bits per heavy atom. The minimum Gasteiger partial charge on any atom is -0.333 e. The van der Waals surface area contributed by atoms with Gasteiger partial charge in [0.2, 0.25) is 0 Å². The fourth-order valence-electron chi connectivity index (χ4n) is 1.75. The number of hydrogen-bond donors (Lipinski definition) is 3. The van der Waals surface area contributed by atoms with E-state index in [1.54, 1.807) is 6.26 Å². The first-order valence-electron chi connectivity index (χ1n) is 6.77. The molecule has 1 saturated carbocycles. The van der Waals surface area contributed by atoms with E-state index >= 15 is 0 Å². The molecule has 1 rings (SSSR count). The average molecular weight is 300 g/mol. The molecule has 2 atom stereocenters. The summed E-state index contributed by atoms with van der Waals surface area (Å²) in [6, 6.07) is -0.523. The Hall–Kier alpha value is -1.24. The van der Waals surface area contributed by atoms with Gasteiger partial charge in [0.25, 0.3) is 0 Å². The third-order valence-corrected chi connectivity index (χ3v) is 3.44. The molecule has 1 fully saturated rings. The lowest BCUT2D eigenvalue weighted by molar-refractivity contribution is 0.237. The highest BCUT2D eigenvalue weighted by Crippen LogP contribution is 2.33. The summed E-state index contributed by atoms with van der Waals surface area (Å²) >= 11 is 1.22. The predicted molar refractivity (Wildman–Crippen MR) is 83.1 cm³/mol.